The maximum absolute atomic E-state index is 12.3. The fourth-order valence-electron chi connectivity index (χ4n) is 1.70. The van der Waals surface area contributed by atoms with Gasteiger partial charge in [0.25, 0.3) is 10.0 Å². The summed E-state index contributed by atoms with van der Waals surface area (Å²) in [4.78, 5) is 5.00. The van der Waals surface area contributed by atoms with E-state index in [1.807, 2.05) is 20.8 Å². The standard InChI is InChI=1S/C12H19N5O2S2/c1-8(2)13-4-10-5-15-17-12(10)21(18,19)16-6-11-9(3)14-7-20-11/h5,7-8,13,16H,4,6H2,1-3H3,(H,15,17). The van der Waals surface area contributed by atoms with E-state index in [-0.39, 0.29) is 17.6 Å². The molecule has 0 bridgehead atoms. The van der Waals surface area contributed by atoms with Crippen LogP contribution >= 0.6 is 11.3 Å². The molecule has 21 heavy (non-hydrogen) atoms. The van der Waals surface area contributed by atoms with Crippen LogP contribution in [0.25, 0.3) is 0 Å². The van der Waals surface area contributed by atoms with Crippen molar-refractivity contribution in [1.29, 1.82) is 0 Å². The van der Waals surface area contributed by atoms with Crippen molar-refractivity contribution in [2.24, 2.45) is 0 Å². The summed E-state index contributed by atoms with van der Waals surface area (Å²) in [5, 5.41) is 9.68. The third-order valence-corrected chi connectivity index (χ3v) is 5.27. The number of hydrogen-bond donors (Lipinski definition) is 3. The first-order valence-electron chi connectivity index (χ1n) is 6.54. The van der Waals surface area contributed by atoms with E-state index in [9.17, 15) is 8.42 Å². The first-order valence-corrected chi connectivity index (χ1v) is 8.90. The first kappa shape index (κ1) is 16.1. The predicted molar refractivity (Wildman–Crippen MR) is 81.4 cm³/mol. The van der Waals surface area contributed by atoms with E-state index in [0.29, 0.717) is 12.1 Å². The number of aryl methyl sites for hydroxylation is 1. The maximum atomic E-state index is 12.3. The fourth-order valence-corrected chi connectivity index (χ4v) is 3.63. The molecule has 116 valence electrons. The summed E-state index contributed by atoms with van der Waals surface area (Å²) in [7, 11) is -3.62. The molecule has 0 saturated carbocycles. The number of sulfonamides is 1. The van der Waals surface area contributed by atoms with Gasteiger partial charge in [-0.2, -0.15) is 5.10 Å². The molecule has 0 radical (unpaired) electrons. The van der Waals surface area contributed by atoms with Gasteiger partial charge in [-0.05, 0) is 6.92 Å². The van der Waals surface area contributed by atoms with Crippen LogP contribution in [0.1, 0.15) is 30.0 Å². The third-order valence-electron chi connectivity index (χ3n) is 2.92. The van der Waals surface area contributed by atoms with Gasteiger partial charge >= 0.3 is 0 Å². The summed E-state index contributed by atoms with van der Waals surface area (Å²) in [5.41, 5.74) is 3.17. The molecule has 0 aromatic carbocycles. The Morgan fingerprint density at radius 2 is 2.14 bits per heavy atom. The predicted octanol–water partition coefficient (Wildman–Crippen LogP) is 1.15. The molecule has 0 atom stereocenters. The number of nitrogens with zero attached hydrogens (tertiary/aromatic N) is 2. The first-order chi connectivity index (χ1) is 9.90. The van der Waals surface area contributed by atoms with Crippen molar-refractivity contribution in [3.63, 3.8) is 0 Å². The van der Waals surface area contributed by atoms with Gasteiger partial charge < -0.3 is 5.32 Å². The zero-order chi connectivity index (χ0) is 15.5. The molecule has 2 rings (SSSR count). The Kier molecular flexibility index (Phi) is 5.09. The Bertz CT molecular complexity index is 690. The van der Waals surface area contributed by atoms with Gasteiger partial charge in [-0.15, -0.1) is 11.3 Å². The van der Waals surface area contributed by atoms with E-state index in [1.165, 1.54) is 17.5 Å². The molecule has 3 N–H and O–H groups in total. The van der Waals surface area contributed by atoms with Gasteiger partial charge in [0.15, 0.2) is 5.03 Å². The number of H-pyrrole nitrogens is 1. The van der Waals surface area contributed by atoms with E-state index in [4.69, 9.17) is 0 Å². The molecule has 2 aromatic heterocycles. The summed E-state index contributed by atoms with van der Waals surface area (Å²) in [6.07, 6.45) is 1.53. The number of rotatable bonds is 7. The normalized spacial score (nSPS) is 12.2. The molecule has 0 aliphatic carbocycles. The van der Waals surface area contributed by atoms with Gasteiger partial charge in [0.1, 0.15) is 0 Å². The fraction of sp³-hybridized carbons (Fsp3) is 0.500. The van der Waals surface area contributed by atoms with E-state index in [2.05, 4.69) is 25.2 Å². The lowest BCUT2D eigenvalue weighted by atomic mass is 10.3. The number of hydrogen-bond acceptors (Lipinski definition) is 6. The highest BCUT2D eigenvalue weighted by Gasteiger charge is 2.21. The second-order valence-electron chi connectivity index (χ2n) is 4.95. The van der Waals surface area contributed by atoms with Crippen LogP contribution in [0.2, 0.25) is 0 Å². The maximum Gasteiger partial charge on any atom is 0.258 e. The Labute approximate surface area is 128 Å². The minimum absolute atomic E-state index is 0.109. The molecule has 0 unspecified atom stereocenters. The van der Waals surface area contributed by atoms with E-state index >= 15 is 0 Å². The van der Waals surface area contributed by atoms with Crippen LogP contribution < -0.4 is 10.0 Å². The van der Waals surface area contributed by atoms with Crippen LogP contribution in [0.15, 0.2) is 16.7 Å². The quantitative estimate of drug-likeness (QED) is 0.707. The zero-order valence-electron chi connectivity index (χ0n) is 12.2. The Balaban J connectivity index is 2.09. The van der Waals surface area contributed by atoms with E-state index in [1.54, 1.807) is 5.51 Å². The van der Waals surface area contributed by atoms with Gasteiger partial charge in [0, 0.05) is 29.6 Å². The molecule has 2 heterocycles. The molecular formula is C12H19N5O2S2. The van der Waals surface area contributed by atoms with Crippen molar-refractivity contribution < 1.29 is 8.42 Å². The van der Waals surface area contributed by atoms with Crippen LogP contribution in [0, 0.1) is 6.92 Å². The van der Waals surface area contributed by atoms with Crippen molar-refractivity contribution in [2.75, 3.05) is 0 Å². The second kappa shape index (κ2) is 6.65. The average Bonchev–Trinajstić information content (AvgIpc) is 3.03. The SMILES string of the molecule is Cc1ncsc1CNS(=O)(=O)c1[nH]ncc1CNC(C)C. The smallest absolute Gasteiger partial charge is 0.258 e. The van der Waals surface area contributed by atoms with Crippen LogP contribution in [0.3, 0.4) is 0 Å². The van der Waals surface area contributed by atoms with Crippen molar-refractivity contribution in [3.05, 3.63) is 27.8 Å². The summed E-state index contributed by atoms with van der Waals surface area (Å²) < 4.78 is 27.3. The third kappa shape index (κ3) is 4.10. The number of thiazole rings is 1. The molecule has 0 aliphatic heterocycles. The summed E-state index contributed by atoms with van der Waals surface area (Å²) in [6, 6.07) is 0.267. The summed E-state index contributed by atoms with van der Waals surface area (Å²) in [5.74, 6) is 0. The van der Waals surface area contributed by atoms with E-state index in [0.717, 1.165) is 10.6 Å². The molecule has 0 fully saturated rings. The molecular weight excluding hydrogens is 310 g/mol. The lowest BCUT2D eigenvalue weighted by Gasteiger charge is -2.09. The summed E-state index contributed by atoms with van der Waals surface area (Å²) in [6.45, 7) is 6.53. The monoisotopic (exact) mass is 329 g/mol. The number of aromatic nitrogens is 3. The van der Waals surface area contributed by atoms with Gasteiger partial charge in [-0.25, -0.2) is 18.1 Å². The van der Waals surface area contributed by atoms with Crippen LogP contribution in [0.5, 0.6) is 0 Å². The average molecular weight is 329 g/mol. The van der Waals surface area contributed by atoms with Gasteiger partial charge in [-0.1, -0.05) is 13.8 Å². The van der Waals surface area contributed by atoms with Crippen molar-refractivity contribution in [1.82, 2.24) is 25.2 Å². The number of aromatic amines is 1. The van der Waals surface area contributed by atoms with Crippen LogP contribution in [-0.2, 0) is 23.1 Å². The second-order valence-corrected chi connectivity index (χ2v) is 7.59. The number of nitrogens with one attached hydrogen (secondary N) is 3. The van der Waals surface area contributed by atoms with E-state index < -0.39 is 10.0 Å². The van der Waals surface area contributed by atoms with Gasteiger partial charge in [0.05, 0.1) is 17.4 Å². The van der Waals surface area contributed by atoms with Crippen molar-refractivity contribution in [3.8, 4) is 0 Å². The van der Waals surface area contributed by atoms with Gasteiger partial charge in [-0.3, -0.25) is 5.10 Å². The molecule has 9 heteroatoms. The minimum atomic E-state index is -3.62. The van der Waals surface area contributed by atoms with Crippen molar-refractivity contribution >= 4 is 21.4 Å². The van der Waals surface area contributed by atoms with Crippen LogP contribution in [0.4, 0.5) is 0 Å². The highest BCUT2D eigenvalue weighted by Crippen LogP contribution is 2.15. The lowest BCUT2D eigenvalue weighted by Crippen LogP contribution is -2.27. The molecule has 0 aliphatic rings. The Hall–Kier alpha value is -1.29. The highest BCUT2D eigenvalue weighted by atomic mass is 32.2. The molecule has 0 spiro atoms. The Morgan fingerprint density at radius 1 is 1.38 bits per heavy atom. The minimum Gasteiger partial charge on any atom is -0.310 e. The largest absolute Gasteiger partial charge is 0.310 e. The molecule has 7 nitrogen and oxygen atoms in total. The van der Waals surface area contributed by atoms with Crippen LogP contribution in [-0.4, -0.2) is 29.6 Å². The van der Waals surface area contributed by atoms with Gasteiger partial charge in [0.2, 0.25) is 0 Å². The van der Waals surface area contributed by atoms with Crippen molar-refractivity contribution in [2.45, 2.75) is 44.9 Å². The topological polar surface area (TPSA) is 99.8 Å². The molecule has 0 amide bonds. The Morgan fingerprint density at radius 3 is 2.76 bits per heavy atom. The molecule has 2 aromatic rings. The zero-order valence-corrected chi connectivity index (χ0v) is 13.8. The highest BCUT2D eigenvalue weighted by molar-refractivity contribution is 7.89. The lowest BCUT2D eigenvalue weighted by molar-refractivity contribution is 0.564. The summed E-state index contributed by atoms with van der Waals surface area (Å²) >= 11 is 1.43. The molecule has 0 saturated heterocycles.